The average Bonchev–Trinajstić information content (AvgIpc) is 2.75. The molecule has 1 aliphatic rings. The number of rotatable bonds is 4. The van der Waals surface area contributed by atoms with Crippen LogP contribution < -0.4 is 5.32 Å². The third-order valence-electron chi connectivity index (χ3n) is 3.93. The fourth-order valence-corrected chi connectivity index (χ4v) is 3.25. The smallest absolute Gasteiger partial charge is 0.0897 e. The first-order chi connectivity index (χ1) is 9.20. The highest BCUT2D eigenvalue weighted by Gasteiger charge is 2.29. The van der Waals surface area contributed by atoms with Crippen molar-refractivity contribution in [2.24, 2.45) is 0 Å². The van der Waals surface area contributed by atoms with Crippen LogP contribution in [0.1, 0.15) is 40.6 Å². The molecular weight excluding hydrogens is 252 g/mol. The minimum Gasteiger partial charge on any atom is -0.308 e. The Balaban J connectivity index is 1.46. The number of benzene rings is 1. The van der Waals surface area contributed by atoms with Crippen LogP contribution in [0.25, 0.3) is 0 Å². The van der Waals surface area contributed by atoms with Gasteiger partial charge in [-0.3, -0.25) is 0 Å². The molecule has 1 fully saturated rings. The third-order valence-corrected chi connectivity index (χ3v) is 4.75. The summed E-state index contributed by atoms with van der Waals surface area (Å²) in [4.78, 5) is 4.48. The second-order valence-corrected chi connectivity index (χ2v) is 6.58. The fraction of sp³-hybridized carbons (Fsp3) is 0.438. The molecule has 2 aromatic rings. The summed E-state index contributed by atoms with van der Waals surface area (Å²) in [6.07, 6.45) is 2.51. The first kappa shape index (κ1) is 12.8. The Morgan fingerprint density at radius 2 is 1.95 bits per heavy atom. The molecule has 3 heteroatoms. The number of hydrogen-bond donors (Lipinski definition) is 1. The number of aromatic nitrogens is 1. The van der Waals surface area contributed by atoms with E-state index in [9.17, 15) is 0 Å². The molecule has 1 saturated carbocycles. The van der Waals surface area contributed by atoms with Crippen LogP contribution in [0.15, 0.2) is 29.6 Å². The van der Waals surface area contributed by atoms with E-state index in [1.54, 1.807) is 11.3 Å². The van der Waals surface area contributed by atoms with Gasteiger partial charge in [0.1, 0.15) is 0 Å². The summed E-state index contributed by atoms with van der Waals surface area (Å²) < 4.78 is 0. The molecule has 1 heterocycles. The SMILES string of the molecule is Cc1ccc(C2CC(NCc3csc(C)n3)C2)cc1. The molecule has 1 aromatic heterocycles. The first-order valence-corrected chi connectivity index (χ1v) is 7.79. The van der Waals surface area contributed by atoms with Crippen LogP contribution in [-0.2, 0) is 6.54 Å². The number of thiazole rings is 1. The lowest BCUT2D eigenvalue weighted by atomic mass is 9.76. The summed E-state index contributed by atoms with van der Waals surface area (Å²) in [5, 5.41) is 6.91. The second-order valence-electron chi connectivity index (χ2n) is 5.51. The summed E-state index contributed by atoms with van der Waals surface area (Å²) in [7, 11) is 0. The Hall–Kier alpha value is -1.19. The molecule has 0 aliphatic heterocycles. The van der Waals surface area contributed by atoms with Crippen LogP contribution in [0.3, 0.4) is 0 Å². The van der Waals surface area contributed by atoms with E-state index in [0.717, 1.165) is 17.5 Å². The van der Waals surface area contributed by atoms with Crippen molar-refractivity contribution >= 4 is 11.3 Å². The highest BCUT2D eigenvalue weighted by Crippen LogP contribution is 2.36. The molecule has 0 unspecified atom stereocenters. The summed E-state index contributed by atoms with van der Waals surface area (Å²) in [5.74, 6) is 0.746. The summed E-state index contributed by atoms with van der Waals surface area (Å²) in [6.45, 7) is 5.12. The maximum atomic E-state index is 4.48. The lowest BCUT2D eigenvalue weighted by molar-refractivity contribution is 0.288. The van der Waals surface area contributed by atoms with Crippen molar-refractivity contribution in [2.75, 3.05) is 0 Å². The van der Waals surface area contributed by atoms with E-state index in [1.165, 1.54) is 29.7 Å². The van der Waals surface area contributed by atoms with Crippen LogP contribution >= 0.6 is 11.3 Å². The van der Waals surface area contributed by atoms with E-state index < -0.39 is 0 Å². The molecule has 0 bridgehead atoms. The highest BCUT2D eigenvalue weighted by molar-refractivity contribution is 7.09. The van der Waals surface area contributed by atoms with Gasteiger partial charge in [0.25, 0.3) is 0 Å². The number of nitrogens with one attached hydrogen (secondary N) is 1. The van der Waals surface area contributed by atoms with E-state index >= 15 is 0 Å². The number of aryl methyl sites for hydroxylation is 2. The Morgan fingerprint density at radius 3 is 2.58 bits per heavy atom. The molecule has 2 nitrogen and oxygen atoms in total. The fourth-order valence-electron chi connectivity index (χ4n) is 2.63. The van der Waals surface area contributed by atoms with Crippen LogP contribution in [0.4, 0.5) is 0 Å². The Kier molecular flexibility index (Phi) is 3.67. The lowest BCUT2D eigenvalue weighted by Gasteiger charge is -2.36. The zero-order valence-electron chi connectivity index (χ0n) is 11.5. The van der Waals surface area contributed by atoms with Gasteiger partial charge in [0.05, 0.1) is 10.7 Å². The summed E-state index contributed by atoms with van der Waals surface area (Å²) in [6, 6.07) is 9.65. The number of hydrogen-bond acceptors (Lipinski definition) is 3. The highest BCUT2D eigenvalue weighted by atomic mass is 32.1. The van der Waals surface area contributed by atoms with Crippen molar-refractivity contribution in [1.29, 1.82) is 0 Å². The molecule has 0 amide bonds. The monoisotopic (exact) mass is 272 g/mol. The van der Waals surface area contributed by atoms with Crippen molar-refractivity contribution in [2.45, 2.75) is 45.2 Å². The van der Waals surface area contributed by atoms with E-state index in [4.69, 9.17) is 0 Å². The lowest BCUT2D eigenvalue weighted by Crippen LogP contribution is -2.39. The van der Waals surface area contributed by atoms with Crippen LogP contribution in [0, 0.1) is 13.8 Å². The average molecular weight is 272 g/mol. The Morgan fingerprint density at radius 1 is 1.21 bits per heavy atom. The molecule has 1 N–H and O–H groups in total. The minimum atomic E-state index is 0.660. The molecule has 19 heavy (non-hydrogen) atoms. The molecule has 0 atom stereocenters. The minimum absolute atomic E-state index is 0.660. The van der Waals surface area contributed by atoms with Crippen molar-refractivity contribution in [1.82, 2.24) is 10.3 Å². The van der Waals surface area contributed by atoms with Crippen LogP contribution in [-0.4, -0.2) is 11.0 Å². The predicted molar refractivity (Wildman–Crippen MR) is 80.6 cm³/mol. The zero-order valence-corrected chi connectivity index (χ0v) is 12.3. The van der Waals surface area contributed by atoms with Crippen molar-refractivity contribution < 1.29 is 0 Å². The maximum absolute atomic E-state index is 4.48. The van der Waals surface area contributed by atoms with Crippen molar-refractivity contribution in [3.8, 4) is 0 Å². The predicted octanol–water partition coefficient (Wildman–Crippen LogP) is 3.80. The first-order valence-electron chi connectivity index (χ1n) is 6.91. The van der Waals surface area contributed by atoms with E-state index in [0.29, 0.717) is 6.04 Å². The zero-order chi connectivity index (χ0) is 13.2. The molecule has 1 aromatic carbocycles. The number of nitrogens with zero attached hydrogens (tertiary/aromatic N) is 1. The van der Waals surface area contributed by atoms with E-state index in [-0.39, 0.29) is 0 Å². The quantitative estimate of drug-likeness (QED) is 0.916. The summed E-state index contributed by atoms with van der Waals surface area (Å²) in [5.41, 5.74) is 4.02. The van der Waals surface area contributed by atoms with Gasteiger partial charge in [-0.15, -0.1) is 11.3 Å². The van der Waals surface area contributed by atoms with Gasteiger partial charge in [0, 0.05) is 18.0 Å². The second kappa shape index (κ2) is 5.43. The molecule has 0 saturated heterocycles. The molecule has 1 aliphatic carbocycles. The molecule has 100 valence electrons. The summed E-state index contributed by atoms with van der Waals surface area (Å²) >= 11 is 1.73. The van der Waals surface area contributed by atoms with Crippen LogP contribution in [0.5, 0.6) is 0 Å². The van der Waals surface area contributed by atoms with Gasteiger partial charge in [-0.1, -0.05) is 29.8 Å². The van der Waals surface area contributed by atoms with E-state index in [2.05, 4.69) is 53.8 Å². The van der Waals surface area contributed by atoms with Gasteiger partial charge in [0.2, 0.25) is 0 Å². The molecular formula is C16H20N2S. The molecule has 3 rings (SSSR count). The largest absolute Gasteiger partial charge is 0.308 e. The van der Waals surface area contributed by atoms with Gasteiger partial charge in [-0.2, -0.15) is 0 Å². The van der Waals surface area contributed by atoms with Crippen LogP contribution in [0.2, 0.25) is 0 Å². The van der Waals surface area contributed by atoms with Gasteiger partial charge in [-0.05, 0) is 38.2 Å². The standard InChI is InChI=1S/C16H20N2S/c1-11-3-5-13(6-4-11)14-7-15(8-14)17-9-16-10-19-12(2)18-16/h3-6,10,14-15,17H,7-9H2,1-2H3. The van der Waals surface area contributed by atoms with Gasteiger partial charge in [-0.25, -0.2) is 4.98 Å². The van der Waals surface area contributed by atoms with Crippen molar-refractivity contribution in [3.05, 3.63) is 51.5 Å². The van der Waals surface area contributed by atoms with Gasteiger partial charge in [0.15, 0.2) is 0 Å². The normalized spacial score (nSPS) is 22.2. The Bertz CT molecular complexity index is 538. The Labute approximate surface area is 118 Å². The topological polar surface area (TPSA) is 24.9 Å². The molecule has 0 spiro atoms. The van der Waals surface area contributed by atoms with Crippen molar-refractivity contribution in [3.63, 3.8) is 0 Å². The molecule has 0 radical (unpaired) electrons. The third kappa shape index (κ3) is 3.04. The van der Waals surface area contributed by atoms with Gasteiger partial charge < -0.3 is 5.32 Å². The van der Waals surface area contributed by atoms with Gasteiger partial charge >= 0.3 is 0 Å². The van der Waals surface area contributed by atoms with E-state index in [1.807, 2.05) is 0 Å². The maximum Gasteiger partial charge on any atom is 0.0897 e.